The average Bonchev–Trinajstić information content (AvgIpc) is 3.12. The van der Waals surface area contributed by atoms with Gasteiger partial charge < -0.3 is 19.9 Å². The van der Waals surface area contributed by atoms with Gasteiger partial charge in [0, 0.05) is 18.5 Å². The molecule has 21 heavy (non-hydrogen) atoms. The number of nitrogens with one attached hydrogen (secondary N) is 2. The summed E-state index contributed by atoms with van der Waals surface area (Å²) >= 11 is 0. The first-order valence-corrected chi connectivity index (χ1v) is 7.20. The summed E-state index contributed by atoms with van der Waals surface area (Å²) in [6.45, 7) is 3.69. The normalized spacial score (nSPS) is 18.0. The molecule has 0 saturated carbocycles. The molecule has 0 aliphatic carbocycles. The van der Waals surface area contributed by atoms with Gasteiger partial charge in [-0.1, -0.05) is 16.8 Å². The van der Waals surface area contributed by atoms with Gasteiger partial charge in [0.1, 0.15) is 5.69 Å². The van der Waals surface area contributed by atoms with Crippen LogP contribution in [0.5, 0.6) is 0 Å². The summed E-state index contributed by atoms with van der Waals surface area (Å²) in [5, 5.41) is 10.5. The van der Waals surface area contributed by atoms with Gasteiger partial charge in [-0.15, -0.1) is 0 Å². The lowest BCUT2D eigenvalue weighted by Crippen LogP contribution is -2.39. The number of nitrogens with zero attached hydrogens (tertiary/aromatic N) is 1. The Morgan fingerprint density at radius 3 is 3.14 bits per heavy atom. The number of fused-ring (bicyclic) bond motifs is 1. The fourth-order valence-electron chi connectivity index (χ4n) is 2.47. The van der Waals surface area contributed by atoms with E-state index < -0.39 is 0 Å². The van der Waals surface area contributed by atoms with Crippen LogP contribution in [-0.4, -0.2) is 30.4 Å². The third-order valence-electron chi connectivity index (χ3n) is 3.63. The van der Waals surface area contributed by atoms with Crippen LogP contribution in [0.4, 0.5) is 4.79 Å². The summed E-state index contributed by atoms with van der Waals surface area (Å²) in [5.74, 6) is 0. The highest BCUT2D eigenvalue weighted by atomic mass is 16.5. The van der Waals surface area contributed by atoms with E-state index in [9.17, 15) is 4.79 Å². The number of hydrogen-bond donors (Lipinski definition) is 2. The zero-order valence-corrected chi connectivity index (χ0v) is 12.0. The highest BCUT2D eigenvalue weighted by Crippen LogP contribution is 2.19. The predicted molar refractivity (Wildman–Crippen MR) is 78.0 cm³/mol. The minimum Gasteiger partial charge on any atom is -0.376 e. The lowest BCUT2D eigenvalue weighted by atomic mass is 10.1. The van der Waals surface area contributed by atoms with Crippen molar-refractivity contribution in [1.29, 1.82) is 0 Å². The van der Waals surface area contributed by atoms with Crippen molar-refractivity contribution in [3.63, 3.8) is 0 Å². The Morgan fingerprint density at radius 2 is 2.33 bits per heavy atom. The van der Waals surface area contributed by atoms with E-state index in [2.05, 4.69) is 15.8 Å². The minimum absolute atomic E-state index is 0.145. The van der Waals surface area contributed by atoms with Crippen molar-refractivity contribution >= 4 is 17.0 Å². The molecule has 1 aromatic carbocycles. The summed E-state index contributed by atoms with van der Waals surface area (Å²) in [6, 6.07) is 5.65. The second-order valence-electron chi connectivity index (χ2n) is 5.33. The highest BCUT2D eigenvalue weighted by molar-refractivity contribution is 5.81. The van der Waals surface area contributed by atoms with E-state index in [0.717, 1.165) is 41.7 Å². The van der Waals surface area contributed by atoms with Crippen molar-refractivity contribution in [3.05, 3.63) is 29.5 Å². The van der Waals surface area contributed by atoms with Crippen molar-refractivity contribution in [2.75, 3.05) is 13.2 Å². The highest BCUT2D eigenvalue weighted by Gasteiger charge is 2.16. The summed E-state index contributed by atoms with van der Waals surface area (Å²) < 4.78 is 10.7. The lowest BCUT2D eigenvalue weighted by Gasteiger charge is -2.11. The molecule has 3 rings (SSSR count). The zero-order chi connectivity index (χ0) is 14.7. The summed E-state index contributed by atoms with van der Waals surface area (Å²) in [7, 11) is 0. The van der Waals surface area contributed by atoms with Gasteiger partial charge in [-0.25, -0.2) is 4.79 Å². The van der Waals surface area contributed by atoms with E-state index in [1.807, 2.05) is 25.1 Å². The fraction of sp³-hybridized carbons (Fsp3) is 0.467. The van der Waals surface area contributed by atoms with E-state index in [4.69, 9.17) is 9.26 Å². The van der Waals surface area contributed by atoms with Crippen LogP contribution in [0.1, 0.15) is 24.1 Å². The van der Waals surface area contributed by atoms with Gasteiger partial charge in [0.05, 0.1) is 12.6 Å². The molecule has 0 radical (unpaired) electrons. The number of hydrogen-bond acceptors (Lipinski definition) is 4. The smallest absolute Gasteiger partial charge is 0.315 e. The molecule has 1 saturated heterocycles. The molecule has 6 heteroatoms. The molecule has 1 fully saturated rings. The topological polar surface area (TPSA) is 76.4 Å². The summed E-state index contributed by atoms with van der Waals surface area (Å²) in [6.07, 6.45) is 2.22. The molecule has 2 amide bonds. The molecule has 2 heterocycles. The largest absolute Gasteiger partial charge is 0.376 e. The van der Waals surface area contributed by atoms with Gasteiger partial charge in [-0.3, -0.25) is 0 Å². The van der Waals surface area contributed by atoms with Crippen molar-refractivity contribution in [1.82, 2.24) is 15.8 Å². The molecule has 1 aromatic heterocycles. The first-order valence-electron chi connectivity index (χ1n) is 7.20. The van der Waals surface area contributed by atoms with Crippen LogP contribution in [-0.2, 0) is 11.3 Å². The second kappa shape index (κ2) is 6.13. The van der Waals surface area contributed by atoms with Crippen LogP contribution in [0.3, 0.4) is 0 Å². The number of carbonyl (C=O) groups excluding carboxylic acids is 1. The summed E-state index contributed by atoms with van der Waals surface area (Å²) in [4.78, 5) is 11.8. The molecule has 0 unspecified atom stereocenters. The van der Waals surface area contributed by atoms with Gasteiger partial charge in [-0.2, -0.15) is 0 Å². The van der Waals surface area contributed by atoms with Crippen molar-refractivity contribution < 1.29 is 14.1 Å². The van der Waals surface area contributed by atoms with Gasteiger partial charge in [-0.05, 0) is 31.9 Å². The maximum atomic E-state index is 11.8. The Kier molecular flexibility index (Phi) is 4.06. The standard InChI is InChI=1S/C15H19N3O3/c1-10-4-5-14-12(7-10)13(18-21-14)9-17-15(19)16-8-11-3-2-6-20-11/h4-5,7,11H,2-3,6,8-9H2,1H3,(H2,16,17,19)/t11-/m1/s1. The van der Waals surface area contributed by atoms with E-state index in [1.165, 1.54) is 0 Å². The fourth-order valence-corrected chi connectivity index (χ4v) is 2.47. The number of carbonyl (C=O) groups is 1. The Balaban J connectivity index is 1.53. The first-order chi connectivity index (χ1) is 10.2. The van der Waals surface area contributed by atoms with Gasteiger partial charge in [0.2, 0.25) is 0 Å². The SMILES string of the molecule is Cc1ccc2onc(CNC(=O)NC[C@H]3CCCO3)c2c1. The number of rotatable bonds is 4. The predicted octanol–water partition coefficient (Wildman–Crippen LogP) is 2.11. The van der Waals surface area contributed by atoms with Gasteiger partial charge in [0.25, 0.3) is 0 Å². The Bertz CT molecular complexity index is 632. The molecule has 0 spiro atoms. The third-order valence-corrected chi connectivity index (χ3v) is 3.63. The third kappa shape index (κ3) is 3.33. The van der Waals surface area contributed by atoms with Crippen LogP contribution >= 0.6 is 0 Å². The molecule has 6 nitrogen and oxygen atoms in total. The van der Waals surface area contributed by atoms with E-state index in [-0.39, 0.29) is 12.1 Å². The maximum Gasteiger partial charge on any atom is 0.315 e. The van der Waals surface area contributed by atoms with Gasteiger partial charge >= 0.3 is 6.03 Å². The lowest BCUT2D eigenvalue weighted by molar-refractivity contribution is 0.111. The molecule has 1 atom stereocenters. The van der Waals surface area contributed by atoms with Crippen LogP contribution in [0.25, 0.3) is 11.0 Å². The number of amides is 2. The van der Waals surface area contributed by atoms with Crippen molar-refractivity contribution in [2.24, 2.45) is 0 Å². The van der Waals surface area contributed by atoms with E-state index in [0.29, 0.717) is 13.1 Å². The molecular formula is C15H19N3O3. The molecule has 112 valence electrons. The van der Waals surface area contributed by atoms with Crippen LogP contribution in [0, 0.1) is 6.92 Å². The maximum absolute atomic E-state index is 11.8. The molecule has 1 aliphatic rings. The van der Waals surface area contributed by atoms with Crippen LogP contribution in [0.15, 0.2) is 22.7 Å². The Hall–Kier alpha value is -2.08. The molecule has 0 bridgehead atoms. The Morgan fingerprint density at radius 1 is 1.43 bits per heavy atom. The zero-order valence-electron chi connectivity index (χ0n) is 12.0. The van der Waals surface area contributed by atoms with Crippen LogP contribution in [0.2, 0.25) is 0 Å². The van der Waals surface area contributed by atoms with Crippen molar-refractivity contribution in [2.45, 2.75) is 32.4 Å². The number of aryl methyl sites for hydroxylation is 1. The average molecular weight is 289 g/mol. The van der Waals surface area contributed by atoms with Gasteiger partial charge in [0.15, 0.2) is 5.58 Å². The number of urea groups is 1. The summed E-state index contributed by atoms with van der Waals surface area (Å²) in [5.41, 5.74) is 2.60. The minimum atomic E-state index is -0.214. The number of aromatic nitrogens is 1. The second-order valence-corrected chi connectivity index (χ2v) is 5.33. The molecular weight excluding hydrogens is 270 g/mol. The quantitative estimate of drug-likeness (QED) is 0.904. The number of ether oxygens (including phenoxy) is 1. The van der Waals surface area contributed by atoms with E-state index in [1.54, 1.807) is 0 Å². The molecule has 2 N–H and O–H groups in total. The molecule has 1 aliphatic heterocycles. The first kappa shape index (κ1) is 13.9. The van der Waals surface area contributed by atoms with Crippen molar-refractivity contribution in [3.8, 4) is 0 Å². The van der Waals surface area contributed by atoms with E-state index >= 15 is 0 Å². The monoisotopic (exact) mass is 289 g/mol. The number of benzene rings is 1. The molecule has 2 aromatic rings. The Labute approximate surface area is 122 Å². The van der Waals surface area contributed by atoms with Crippen LogP contribution < -0.4 is 10.6 Å².